The van der Waals surface area contributed by atoms with E-state index in [0.29, 0.717) is 37.7 Å². The molecule has 3 heterocycles. The van der Waals surface area contributed by atoms with Gasteiger partial charge in [0.15, 0.2) is 11.7 Å². The van der Waals surface area contributed by atoms with E-state index in [4.69, 9.17) is 13.9 Å². The molecule has 9 nitrogen and oxygen atoms in total. The predicted molar refractivity (Wildman–Crippen MR) is 117 cm³/mol. The first-order valence-corrected chi connectivity index (χ1v) is 9.52. The second-order valence-electron chi connectivity index (χ2n) is 6.23. The van der Waals surface area contributed by atoms with Crippen LogP contribution in [0.4, 0.5) is 0 Å². The number of aliphatic imine (C=N–C) groups is 1. The van der Waals surface area contributed by atoms with Crippen LogP contribution in [0.2, 0.25) is 0 Å². The number of hydrogen-bond donors (Lipinski definition) is 3. The van der Waals surface area contributed by atoms with Crippen LogP contribution in [0.1, 0.15) is 25.6 Å². The highest BCUT2D eigenvalue weighted by molar-refractivity contribution is 14.0. The minimum absolute atomic E-state index is 0. The average Bonchev–Trinajstić information content (AvgIpc) is 3.43. The number of hydrogen-bond acceptors (Lipinski definition) is 6. The van der Waals surface area contributed by atoms with Gasteiger partial charge >= 0.3 is 0 Å². The van der Waals surface area contributed by atoms with E-state index in [1.54, 1.807) is 6.26 Å². The molecular formula is C18H29IN6O3. The molecule has 0 spiro atoms. The van der Waals surface area contributed by atoms with Crippen molar-refractivity contribution >= 4 is 29.9 Å². The van der Waals surface area contributed by atoms with Gasteiger partial charge in [0, 0.05) is 39.3 Å². The van der Waals surface area contributed by atoms with Crippen molar-refractivity contribution < 1.29 is 13.9 Å². The molecule has 10 heteroatoms. The molecule has 0 radical (unpaired) electrons. The quantitative estimate of drug-likeness (QED) is 0.197. The lowest BCUT2D eigenvalue weighted by Crippen LogP contribution is -2.38. The smallest absolute Gasteiger partial charge is 0.216 e. The summed E-state index contributed by atoms with van der Waals surface area (Å²) in [5, 5.41) is 13.7. The van der Waals surface area contributed by atoms with Crippen LogP contribution in [-0.2, 0) is 15.9 Å². The third-order valence-electron chi connectivity index (χ3n) is 4.09. The molecule has 0 bridgehead atoms. The fourth-order valence-corrected chi connectivity index (χ4v) is 2.71. The number of aromatic amines is 1. The fourth-order valence-electron chi connectivity index (χ4n) is 2.71. The maximum atomic E-state index is 5.75. The number of nitrogens with zero attached hydrogens (tertiary/aromatic N) is 3. The molecule has 28 heavy (non-hydrogen) atoms. The molecule has 1 fully saturated rings. The van der Waals surface area contributed by atoms with Crippen LogP contribution < -0.4 is 10.6 Å². The Hall–Kier alpha value is -1.66. The zero-order chi connectivity index (χ0) is 18.7. The number of ether oxygens (including phenoxy) is 2. The Labute approximate surface area is 182 Å². The number of aromatic nitrogens is 3. The fraction of sp³-hybridized carbons (Fsp3) is 0.611. The number of furan rings is 1. The van der Waals surface area contributed by atoms with Crippen LogP contribution in [0.15, 0.2) is 27.8 Å². The lowest BCUT2D eigenvalue weighted by Gasteiger charge is -2.11. The lowest BCUT2D eigenvalue weighted by atomic mass is 10.3. The lowest BCUT2D eigenvalue weighted by molar-refractivity contribution is 0.0424. The highest BCUT2D eigenvalue weighted by Crippen LogP contribution is 2.14. The van der Waals surface area contributed by atoms with Gasteiger partial charge in [0.1, 0.15) is 5.82 Å². The maximum Gasteiger partial charge on any atom is 0.216 e. The summed E-state index contributed by atoms with van der Waals surface area (Å²) in [5.41, 5.74) is 0. The maximum absolute atomic E-state index is 5.75. The van der Waals surface area contributed by atoms with Gasteiger partial charge in [0.05, 0.1) is 19.0 Å². The SMILES string of the molecule is CCNC(=NCCCOC1CCOC1)NCCc1nc(-c2ccco2)n[nH]1.I. The van der Waals surface area contributed by atoms with Crippen molar-refractivity contribution in [1.82, 2.24) is 25.8 Å². The molecule has 0 amide bonds. The largest absolute Gasteiger partial charge is 0.461 e. The Balaban J connectivity index is 0.00000280. The highest BCUT2D eigenvalue weighted by Gasteiger charge is 2.15. The minimum atomic E-state index is 0. The van der Waals surface area contributed by atoms with E-state index in [9.17, 15) is 0 Å². The monoisotopic (exact) mass is 504 g/mol. The van der Waals surface area contributed by atoms with Crippen LogP contribution in [0.3, 0.4) is 0 Å². The van der Waals surface area contributed by atoms with Gasteiger partial charge in [-0.1, -0.05) is 0 Å². The Bertz CT molecular complexity index is 685. The molecule has 1 atom stereocenters. The van der Waals surface area contributed by atoms with Gasteiger partial charge in [-0.15, -0.1) is 24.0 Å². The second-order valence-corrected chi connectivity index (χ2v) is 6.23. The van der Waals surface area contributed by atoms with Crippen molar-refractivity contribution in [3.8, 4) is 11.6 Å². The first kappa shape index (κ1) is 22.6. The van der Waals surface area contributed by atoms with Crippen LogP contribution in [0.25, 0.3) is 11.6 Å². The van der Waals surface area contributed by atoms with E-state index in [0.717, 1.165) is 44.4 Å². The van der Waals surface area contributed by atoms with Crippen molar-refractivity contribution in [2.24, 2.45) is 4.99 Å². The molecule has 156 valence electrons. The summed E-state index contributed by atoms with van der Waals surface area (Å²) in [6.45, 7) is 6.52. The molecule has 1 aliphatic heterocycles. The van der Waals surface area contributed by atoms with Crippen molar-refractivity contribution in [2.45, 2.75) is 32.3 Å². The first-order chi connectivity index (χ1) is 13.3. The number of nitrogens with one attached hydrogen (secondary N) is 3. The van der Waals surface area contributed by atoms with E-state index in [-0.39, 0.29) is 30.1 Å². The van der Waals surface area contributed by atoms with Crippen LogP contribution in [-0.4, -0.2) is 66.7 Å². The number of H-pyrrole nitrogens is 1. The molecule has 3 N–H and O–H groups in total. The topological polar surface area (TPSA) is 110 Å². The van der Waals surface area contributed by atoms with Crippen molar-refractivity contribution in [2.75, 3.05) is 39.5 Å². The summed E-state index contributed by atoms with van der Waals surface area (Å²) < 4.78 is 16.3. The van der Waals surface area contributed by atoms with Crippen molar-refractivity contribution in [3.05, 3.63) is 24.2 Å². The first-order valence-electron chi connectivity index (χ1n) is 9.52. The summed E-state index contributed by atoms with van der Waals surface area (Å²) in [5.74, 6) is 2.83. The summed E-state index contributed by atoms with van der Waals surface area (Å²) in [6, 6.07) is 3.66. The summed E-state index contributed by atoms with van der Waals surface area (Å²) in [7, 11) is 0. The van der Waals surface area contributed by atoms with Crippen molar-refractivity contribution in [3.63, 3.8) is 0 Å². The van der Waals surface area contributed by atoms with Gasteiger partial charge in [-0.2, -0.15) is 5.10 Å². The third kappa shape index (κ3) is 7.40. The molecule has 1 aliphatic rings. The zero-order valence-electron chi connectivity index (χ0n) is 16.1. The standard InChI is InChI=1S/C18H28N6O3.HI/c1-2-19-18(20-8-4-11-26-14-7-12-25-13-14)21-9-6-16-22-17(24-23-16)15-5-3-10-27-15;/h3,5,10,14H,2,4,6-9,11-13H2,1H3,(H2,19,20,21)(H,22,23,24);1H. The number of rotatable bonds is 10. The molecule has 1 unspecified atom stereocenters. The average molecular weight is 504 g/mol. The second kappa shape index (κ2) is 12.7. The number of halogens is 1. The molecule has 2 aromatic heterocycles. The van der Waals surface area contributed by atoms with E-state index in [1.807, 2.05) is 19.1 Å². The number of guanidine groups is 1. The molecule has 2 aromatic rings. The molecular weight excluding hydrogens is 475 g/mol. The van der Waals surface area contributed by atoms with E-state index in [2.05, 4.69) is 30.8 Å². The third-order valence-corrected chi connectivity index (χ3v) is 4.09. The molecule has 0 saturated carbocycles. The summed E-state index contributed by atoms with van der Waals surface area (Å²) in [4.78, 5) is 9.01. The molecule has 1 saturated heterocycles. The van der Waals surface area contributed by atoms with Crippen LogP contribution in [0, 0.1) is 0 Å². The molecule has 3 rings (SSSR count). The Morgan fingerprint density at radius 3 is 3.11 bits per heavy atom. The normalized spacial score (nSPS) is 16.8. The van der Waals surface area contributed by atoms with Gasteiger partial charge in [-0.3, -0.25) is 10.1 Å². The van der Waals surface area contributed by atoms with Gasteiger partial charge in [0.25, 0.3) is 0 Å². The molecule has 0 aromatic carbocycles. The van der Waals surface area contributed by atoms with E-state index >= 15 is 0 Å². The van der Waals surface area contributed by atoms with E-state index in [1.165, 1.54) is 0 Å². The Morgan fingerprint density at radius 1 is 1.43 bits per heavy atom. The van der Waals surface area contributed by atoms with Gasteiger partial charge < -0.3 is 24.5 Å². The van der Waals surface area contributed by atoms with Gasteiger partial charge in [-0.25, -0.2) is 4.98 Å². The summed E-state index contributed by atoms with van der Waals surface area (Å²) in [6.07, 6.45) is 4.47. The Morgan fingerprint density at radius 2 is 2.36 bits per heavy atom. The predicted octanol–water partition coefficient (Wildman–Crippen LogP) is 1.98. The zero-order valence-corrected chi connectivity index (χ0v) is 18.5. The highest BCUT2D eigenvalue weighted by atomic mass is 127. The minimum Gasteiger partial charge on any atom is -0.461 e. The summed E-state index contributed by atoms with van der Waals surface area (Å²) >= 11 is 0. The molecule has 0 aliphatic carbocycles. The van der Waals surface area contributed by atoms with Gasteiger partial charge in [0.2, 0.25) is 5.82 Å². The van der Waals surface area contributed by atoms with Crippen molar-refractivity contribution in [1.29, 1.82) is 0 Å². The van der Waals surface area contributed by atoms with E-state index < -0.39 is 0 Å². The van der Waals surface area contributed by atoms with Crippen LogP contribution >= 0.6 is 24.0 Å². The van der Waals surface area contributed by atoms with Crippen LogP contribution in [0.5, 0.6) is 0 Å². The van der Waals surface area contributed by atoms with Gasteiger partial charge in [-0.05, 0) is 31.9 Å². The Kier molecular flexibility index (Phi) is 10.3.